The number of para-hydroxylation sites is 1. The zero-order chi connectivity index (χ0) is 13.2. The molecule has 0 aliphatic heterocycles. The van der Waals surface area contributed by atoms with Crippen LogP contribution in [0.5, 0.6) is 0 Å². The van der Waals surface area contributed by atoms with E-state index in [1.54, 1.807) is 11.3 Å². The molecule has 0 spiro atoms. The molecule has 102 valence electrons. The number of nitrogens with zero attached hydrogens (tertiary/aromatic N) is 1. The standard InChI is InChI=1S/C16H21NOS/c1-11-6-8-12(9-7-11)14(18)10-16-17-13-4-2-3-5-15(13)19-16/h2-5,11-12,14,18H,6-10H2,1H3. The number of rotatable bonds is 3. The van der Waals surface area contributed by atoms with E-state index < -0.39 is 0 Å². The van der Waals surface area contributed by atoms with Gasteiger partial charge in [0.25, 0.3) is 0 Å². The van der Waals surface area contributed by atoms with Crippen molar-refractivity contribution in [1.82, 2.24) is 4.98 Å². The molecular formula is C16H21NOS. The summed E-state index contributed by atoms with van der Waals surface area (Å²) in [6, 6.07) is 8.21. The summed E-state index contributed by atoms with van der Waals surface area (Å²) >= 11 is 1.72. The van der Waals surface area contributed by atoms with Gasteiger partial charge in [-0.2, -0.15) is 0 Å². The van der Waals surface area contributed by atoms with Gasteiger partial charge in [-0.15, -0.1) is 11.3 Å². The number of aliphatic hydroxyl groups is 1. The molecule has 1 unspecified atom stereocenters. The highest BCUT2D eigenvalue weighted by molar-refractivity contribution is 7.18. The van der Waals surface area contributed by atoms with E-state index in [0.717, 1.165) is 22.9 Å². The number of thiazole rings is 1. The fraction of sp³-hybridized carbons (Fsp3) is 0.562. The largest absolute Gasteiger partial charge is 0.392 e. The van der Waals surface area contributed by atoms with Crippen molar-refractivity contribution in [3.05, 3.63) is 29.3 Å². The number of hydrogen-bond donors (Lipinski definition) is 1. The molecule has 0 bridgehead atoms. The molecule has 3 rings (SSSR count). The van der Waals surface area contributed by atoms with Gasteiger partial charge >= 0.3 is 0 Å². The third-order valence-electron chi connectivity index (χ3n) is 4.33. The van der Waals surface area contributed by atoms with Gasteiger partial charge in [0.2, 0.25) is 0 Å². The highest BCUT2D eigenvalue weighted by atomic mass is 32.1. The molecule has 1 aliphatic rings. The monoisotopic (exact) mass is 275 g/mol. The van der Waals surface area contributed by atoms with Crippen molar-refractivity contribution in [2.45, 2.75) is 45.1 Å². The molecule has 1 N–H and O–H groups in total. The summed E-state index contributed by atoms with van der Waals surface area (Å²) in [6.45, 7) is 2.32. The molecule has 0 saturated heterocycles. The molecule has 1 saturated carbocycles. The van der Waals surface area contributed by atoms with E-state index in [1.165, 1.54) is 30.4 Å². The molecule has 1 atom stereocenters. The quantitative estimate of drug-likeness (QED) is 0.917. The lowest BCUT2D eigenvalue weighted by Gasteiger charge is -2.29. The highest BCUT2D eigenvalue weighted by Gasteiger charge is 2.25. The van der Waals surface area contributed by atoms with Crippen molar-refractivity contribution < 1.29 is 5.11 Å². The highest BCUT2D eigenvalue weighted by Crippen LogP contribution is 2.32. The Hall–Kier alpha value is -0.930. The van der Waals surface area contributed by atoms with Gasteiger partial charge in [-0.3, -0.25) is 0 Å². The summed E-state index contributed by atoms with van der Waals surface area (Å²) in [5.41, 5.74) is 1.06. The van der Waals surface area contributed by atoms with Gasteiger partial charge in [-0.1, -0.05) is 31.9 Å². The Morgan fingerprint density at radius 1 is 1.26 bits per heavy atom. The maximum Gasteiger partial charge on any atom is 0.0964 e. The number of benzene rings is 1. The Kier molecular flexibility index (Phi) is 3.85. The lowest BCUT2D eigenvalue weighted by molar-refractivity contribution is 0.0761. The molecule has 3 heteroatoms. The smallest absolute Gasteiger partial charge is 0.0964 e. The van der Waals surface area contributed by atoms with Crippen LogP contribution in [0.4, 0.5) is 0 Å². The van der Waals surface area contributed by atoms with Crippen LogP contribution in [0.1, 0.15) is 37.6 Å². The van der Waals surface area contributed by atoms with Crippen molar-refractivity contribution in [3.63, 3.8) is 0 Å². The van der Waals surface area contributed by atoms with E-state index in [2.05, 4.69) is 18.0 Å². The number of hydrogen-bond acceptors (Lipinski definition) is 3. The fourth-order valence-electron chi connectivity index (χ4n) is 3.02. The molecule has 19 heavy (non-hydrogen) atoms. The van der Waals surface area contributed by atoms with Crippen molar-refractivity contribution >= 4 is 21.6 Å². The minimum atomic E-state index is -0.215. The summed E-state index contributed by atoms with van der Waals surface area (Å²) in [5, 5.41) is 11.5. The zero-order valence-electron chi connectivity index (χ0n) is 11.4. The summed E-state index contributed by atoms with van der Waals surface area (Å²) in [6.07, 6.45) is 5.38. The molecule has 0 radical (unpaired) electrons. The van der Waals surface area contributed by atoms with Gasteiger partial charge < -0.3 is 5.11 Å². The third-order valence-corrected chi connectivity index (χ3v) is 5.39. The molecule has 1 aliphatic carbocycles. The van der Waals surface area contributed by atoms with Crippen LogP contribution in [0.15, 0.2) is 24.3 Å². The number of aromatic nitrogens is 1. The van der Waals surface area contributed by atoms with Gasteiger partial charge in [0.15, 0.2) is 0 Å². The van der Waals surface area contributed by atoms with Gasteiger partial charge in [0, 0.05) is 6.42 Å². The molecule has 1 aromatic heterocycles. The van der Waals surface area contributed by atoms with Crippen LogP contribution in [0.25, 0.3) is 10.2 Å². The Balaban J connectivity index is 1.67. The number of fused-ring (bicyclic) bond motifs is 1. The van der Waals surface area contributed by atoms with Crippen LogP contribution in [-0.2, 0) is 6.42 Å². The Labute approximate surface area is 118 Å². The topological polar surface area (TPSA) is 33.1 Å². The minimum Gasteiger partial charge on any atom is -0.392 e. The van der Waals surface area contributed by atoms with Crippen LogP contribution in [0, 0.1) is 11.8 Å². The molecule has 1 fully saturated rings. The SMILES string of the molecule is CC1CCC(C(O)Cc2nc3ccccc3s2)CC1. The molecular weight excluding hydrogens is 254 g/mol. The molecule has 2 nitrogen and oxygen atoms in total. The second-order valence-corrected chi connectivity index (χ2v) is 6.98. The first-order valence-electron chi connectivity index (χ1n) is 7.25. The van der Waals surface area contributed by atoms with Crippen LogP contribution in [0.2, 0.25) is 0 Å². The van der Waals surface area contributed by atoms with E-state index in [9.17, 15) is 5.11 Å². The normalized spacial score (nSPS) is 25.6. The fourth-order valence-corrected chi connectivity index (χ4v) is 4.04. The van der Waals surface area contributed by atoms with Crippen molar-refractivity contribution in [2.24, 2.45) is 11.8 Å². The molecule has 2 aromatic rings. The van der Waals surface area contributed by atoms with Crippen molar-refractivity contribution in [2.75, 3.05) is 0 Å². The summed E-state index contributed by atoms with van der Waals surface area (Å²) in [7, 11) is 0. The van der Waals surface area contributed by atoms with Gasteiger partial charge in [-0.05, 0) is 36.8 Å². The lowest BCUT2D eigenvalue weighted by Crippen LogP contribution is -2.26. The van der Waals surface area contributed by atoms with E-state index >= 15 is 0 Å². The molecule has 1 heterocycles. The zero-order valence-corrected chi connectivity index (χ0v) is 12.2. The second-order valence-electron chi connectivity index (χ2n) is 5.87. The Morgan fingerprint density at radius 3 is 2.74 bits per heavy atom. The van der Waals surface area contributed by atoms with Gasteiger partial charge in [0.1, 0.15) is 0 Å². The van der Waals surface area contributed by atoms with Crippen LogP contribution < -0.4 is 0 Å². The summed E-state index contributed by atoms with van der Waals surface area (Å²) < 4.78 is 1.22. The Morgan fingerprint density at radius 2 is 2.00 bits per heavy atom. The first-order chi connectivity index (χ1) is 9.22. The molecule has 1 aromatic carbocycles. The summed E-state index contributed by atoms with van der Waals surface area (Å²) in [5.74, 6) is 1.31. The average molecular weight is 275 g/mol. The predicted octanol–water partition coefficient (Wildman–Crippen LogP) is 4.03. The van der Waals surface area contributed by atoms with Gasteiger partial charge in [-0.25, -0.2) is 4.98 Å². The van der Waals surface area contributed by atoms with Crippen LogP contribution in [-0.4, -0.2) is 16.2 Å². The first-order valence-corrected chi connectivity index (χ1v) is 8.06. The Bertz CT molecular complexity index is 509. The maximum absolute atomic E-state index is 10.4. The van der Waals surface area contributed by atoms with Crippen molar-refractivity contribution in [3.8, 4) is 0 Å². The van der Waals surface area contributed by atoms with E-state index in [0.29, 0.717) is 5.92 Å². The average Bonchev–Trinajstić information content (AvgIpc) is 2.81. The van der Waals surface area contributed by atoms with Crippen LogP contribution in [0.3, 0.4) is 0 Å². The first kappa shape index (κ1) is 13.1. The van der Waals surface area contributed by atoms with Gasteiger partial charge in [0.05, 0.1) is 21.3 Å². The van der Waals surface area contributed by atoms with Crippen molar-refractivity contribution in [1.29, 1.82) is 0 Å². The minimum absolute atomic E-state index is 0.215. The van der Waals surface area contributed by atoms with E-state index in [1.807, 2.05) is 18.2 Å². The lowest BCUT2D eigenvalue weighted by atomic mass is 9.79. The third kappa shape index (κ3) is 2.98. The second kappa shape index (κ2) is 5.59. The van der Waals surface area contributed by atoms with E-state index in [-0.39, 0.29) is 6.10 Å². The van der Waals surface area contributed by atoms with E-state index in [4.69, 9.17) is 0 Å². The maximum atomic E-state index is 10.4. The molecule has 0 amide bonds. The predicted molar refractivity (Wildman–Crippen MR) is 80.5 cm³/mol. The number of aliphatic hydroxyl groups excluding tert-OH is 1. The van der Waals surface area contributed by atoms with Crippen LogP contribution >= 0.6 is 11.3 Å². The summed E-state index contributed by atoms with van der Waals surface area (Å²) in [4.78, 5) is 4.62.